The van der Waals surface area contributed by atoms with Crippen LogP contribution in [0.5, 0.6) is 5.75 Å². The van der Waals surface area contributed by atoms with Crippen LogP contribution in [0.4, 0.5) is 11.4 Å². The van der Waals surface area contributed by atoms with Gasteiger partial charge in [-0.25, -0.2) is 8.42 Å². The van der Waals surface area contributed by atoms with Crippen molar-refractivity contribution in [2.24, 2.45) is 0 Å². The standard InChI is InChI=1S/C21H28ClN3O4S/c1-14(17-10-15(22)11-20(29-2)18(17)13-26)24-19-12-16(25-8-6-23-7-9-25)4-5-21(19)30(3,27)28/h4-5,10-12,14,23-24,26H,6-9,13H2,1-3H3. The first-order chi connectivity index (χ1) is 14.2. The van der Waals surface area contributed by atoms with Crippen LogP contribution in [0.15, 0.2) is 35.2 Å². The van der Waals surface area contributed by atoms with Crippen LogP contribution in [0.2, 0.25) is 5.02 Å². The molecule has 1 heterocycles. The molecule has 0 amide bonds. The van der Waals surface area contributed by atoms with E-state index in [0.29, 0.717) is 22.0 Å². The number of benzene rings is 2. The van der Waals surface area contributed by atoms with Crippen molar-refractivity contribution in [3.05, 3.63) is 46.5 Å². The molecule has 0 aliphatic carbocycles. The summed E-state index contributed by atoms with van der Waals surface area (Å²) in [6.07, 6.45) is 1.20. The fourth-order valence-electron chi connectivity index (χ4n) is 3.75. The van der Waals surface area contributed by atoms with Gasteiger partial charge in [0.05, 0.1) is 24.3 Å². The predicted octanol–water partition coefficient (Wildman–Crippen LogP) is 2.83. The van der Waals surface area contributed by atoms with Gasteiger partial charge in [-0.15, -0.1) is 0 Å². The van der Waals surface area contributed by atoms with Gasteiger partial charge in [-0.1, -0.05) is 11.6 Å². The number of aliphatic hydroxyl groups is 1. The number of hydrogen-bond donors (Lipinski definition) is 3. The number of halogens is 1. The van der Waals surface area contributed by atoms with Crippen LogP contribution in [0.1, 0.15) is 24.1 Å². The monoisotopic (exact) mass is 453 g/mol. The molecule has 30 heavy (non-hydrogen) atoms. The molecule has 1 fully saturated rings. The molecule has 1 aliphatic rings. The molecular weight excluding hydrogens is 426 g/mol. The highest BCUT2D eigenvalue weighted by molar-refractivity contribution is 7.90. The Morgan fingerprint density at radius 1 is 1.27 bits per heavy atom. The van der Waals surface area contributed by atoms with Crippen LogP contribution in [-0.2, 0) is 16.4 Å². The number of rotatable bonds is 7. The fourth-order valence-corrected chi connectivity index (χ4v) is 4.80. The Morgan fingerprint density at radius 2 is 1.97 bits per heavy atom. The minimum absolute atomic E-state index is 0.221. The Bertz CT molecular complexity index is 1010. The number of hydrogen-bond acceptors (Lipinski definition) is 7. The summed E-state index contributed by atoms with van der Waals surface area (Å²) < 4.78 is 30.1. The Hall–Kier alpha value is -2.00. The summed E-state index contributed by atoms with van der Waals surface area (Å²) in [4.78, 5) is 2.45. The normalized spacial score (nSPS) is 15.7. The molecule has 1 atom stereocenters. The number of piperazine rings is 1. The summed E-state index contributed by atoms with van der Waals surface area (Å²) in [6, 6.07) is 8.45. The zero-order chi connectivity index (χ0) is 21.9. The van der Waals surface area contributed by atoms with Crippen LogP contribution in [0.25, 0.3) is 0 Å². The van der Waals surface area contributed by atoms with Crippen molar-refractivity contribution in [2.75, 3.05) is 49.8 Å². The molecule has 0 aromatic heterocycles. The lowest BCUT2D eigenvalue weighted by Gasteiger charge is -2.30. The van der Waals surface area contributed by atoms with Crippen molar-refractivity contribution in [3.8, 4) is 5.75 Å². The van der Waals surface area contributed by atoms with E-state index in [2.05, 4.69) is 15.5 Å². The molecule has 0 radical (unpaired) electrons. The lowest BCUT2D eigenvalue weighted by molar-refractivity contribution is 0.272. The SMILES string of the molecule is COc1cc(Cl)cc(C(C)Nc2cc(N3CCNCC3)ccc2S(C)(=O)=O)c1CO. The summed E-state index contributed by atoms with van der Waals surface area (Å²) in [5.74, 6) is 0.492. The molecule has 2 aromatic carbocycles. The Kier molecular flexibility index (Phi) is 7.13. The molecule has 164 valence electrons. The zero-order valence-electron chi connectivity index (χ0n) is 17.4. The van der Waals surface area contributed by atoms with Gasteiger partial charge < -0.3 is 25.4 Å². The van der Waals surface area contributed by atoms with Crippen LogP contribution in [0.3, 0.4) is 0 Å². The minimum atomic E-state index is -3.44. The topological polar surface area (TPSA) is 90.9 Å². The zero-order valence-corrected chi connectivity index (χ0v) is 19.0. The Morgan fingerprint density at radius 3 is 2.57 bits per heavy atom. The third kappa shape index (κ3) is 5.00. The fraction of sp³-hybridized carbons (Fsp3) is 0.429. The highest BCUT2D eigenvalue weighted by Crippen LogP contribution is 2.35. The summed E-state index contributed by atoms with van der Waals surface area (Å²) >= 11 is 6.24. The lowest BCUT2D eigenvalue weighted by atomic mass is 10.0. The van der Waals surface area contributed by atoms with Gasteiger partial charge >= 0.3 is 0 Å². The minimum Gasteiger partial charge on any atom is -0.496 e. The van der Waals surface area contributed by atoms with Crippen LogP contribution in [-0.4, -0.2) is 53.1 Å². The summed E-state index contributed by atoms with van der Waals surface area (Å²) in [5.41, 5.74) is 2.84. The second-order valence-corrected chi connectivity index (χ2v) is 9.81. The van der Waals surface area contributed by atoms with E-state index in [1.807, 2.05) is 19.1 Å². The molecule has 3 rings (SSSR count). The highest BCUT2D eigenvalue weighted by Gasteiger charge is 2.21. The van der Waals surface area contributed by atoms with Crippen LogP contribution < -0.4 is 20.3 Å². The number of nitrogens with one attached hydrogen (secondary N) is 2. The molecule has 0 bridgehead atoms. The van der Waals surface area contributed by atoms with Gasteiger partial charge in [0.25, 0.3) is 0 Å². The second kappa shape index (κ2) is 9.43. The number of anilines is 2. The van der Waals surface area contributed by atoms with Crippen molar-refractivity contribution in [2.45, 2.75) is 24.5 Å². The van der Waals surface area contributed by atoms with Gasteiger partial charge in [-0.3, -0.25) is 0 Å². The maximum absolute atomic E-state index is 12.4. The van der Waals surface area contributed by atoms with Crippen molar-refractivity contribution >= 4 is 32.8 Å². The predicted molar refractivity (Wildman–Crippen MR) is 121 cm³/mol. The number of nitrogens with zero attached hydrogens (tertiary/aromatic N) is 1. The Balaban J connectivity index is 2.01. The van der Waals surface area contributed by atoms with E-state index in [-0.39, 0.29) is 17.5 Å². The summed E-state index contributed by atoms with van der Waals surface area (Å²) in [5, 5.41) is 17.0. The van der Waals surface area contributed by atoms with Crippen molar-refractivity contribution in [1.29, 1.82) is 0 Å². The van der Waals surface area contributed by atoms with E-state index in [1.54, 1.807) is 18.2 Å². The molecular formula is C21H28ClN3O4S. The molecule has 1 aliphatic heterocycles. The third-order valence-corrected chi connectivity index (χ3v) is 6.64. The van der Waals surface area contributed by atoms with E-state index in [4.69, 9.17) is 16.3 Å². The van der Waals surface area contributed by atoms with Crippen LogP contribution in [0, 0.1) is 0 Å². The van der Waals surface area contributed by atoms with Crippen molar-refractivity contribution in [3.63, 3.8) is 0 Å². The van der Waals surface area contributed by atoms with E-state index in [0.717, 1.165) is 37.4 Å². The first-order valence-corrected chi connectivity index (χ1v) is 12.0. The van der Waals surface area contributed by atoms with Crippen molar-refractivity contribution in [1.82, 2.24) is 5.32 Å². The molecule has 9 heteroatoms. The number of ether oxygens (including phenoxy) is 1. The number of methoxy groups -OCH3 is 1. The lowest BCUT2D eigenvalue weighted by Crippen LogP contribution is -2.43. The quantitative estimate of drug-likeness (QED) is 0.593. The smallest absolute Gasteiger partial charge is 0.177 e. The first-order valence-electron chi connectivity index (χ1n) is 9.78. The average molecular weight is 454 g/mol. The maximum Gasteiger partial charge on any atom is 0.177 e. The van der Waals surface area contributed by atoms with Gasteiger partial charge in [0, 0.05) is 54.8 Å². The molecule has 7 nitrogen and oxygen atoms in total. The highest BCUT2D eigenvalue weighted by atomic mass is 35.5. The average Bonchev–Trinajstić information content (AvgIpc) is 2.72. The largest absolute Gasteiger partial charge is 0.496 e. The van der Waals surface area contributed by atoms with E-state index in [1.165, 1.54) is 13.4 Å². The molecule has 0 saturated carbocycles. The molecule has 1 saturated heterocycles. The maximum atomic E-state index is 12.4. The Labute approximate surface area is 182 Å². The molecule has 0 spiro atoms. The van der Waals surface area contributed by atoms with E-state index in [9.17, 15) is 13.5 Å². The van der Waals surface area contributed by atoms with Crippen LogP contribution >= 0.6 is 11.6 Å². The first kappa shape index (κ1) is 22.7. The molecule has 1 unspecified atom stereocenters. The molecule has 2 aromatic rings. The van der Waals surface area contributed by atoms with Gasteiger partial charge in [-0.05, 0) is 42.8 Å². The van der Waals surface area contributed by atoms with Gasteiger partial charge in [-0.2, -0.15) is 0 Å². The number of sulfone groups is 1. The summed E-state index contributed by atoms with van der Waals surface area (Å²) in [6.45, 7) is 5.15. The summed E-state index contributed by atoms with van der Waals surface area (Å²) in [7, 11) is -1.92. The van der Waals surface area contributed by atoms with E-state index >= 15 is 0 Å². The second-order valence-electron chi connectivity index (χ2n) is 7.39. The van der Waals surface area contributed by atoms with Gasteiger partial charge in [0.15, 0.2) is 9.84 Å². The molecule has 3 N–H and O–H groups in total. The third-order valence-electron chi connectivity index (χ3n) is 5.27. The van der Waals surface area contributed by atoms with Crippen molar-refractivity contribution < 1.29 is 18.3 Å². The van der Waals surface area contributed by atoms with E-state index < -0.39 is 9.84 Å². The number of aliphatic hydroxyl groups excluding tert-OH is 1. The van der Waals surface area contributed by atoms with Gasteiger partial charge in [0.1, 0.15) is 5.75 Å². The van der Waals surface area contributed by atoms with Gasteiger partial charge in [0.2, 0.25) is 0 Å².